The molecule has 0 aliphatic rings. The van der Waals surface area contributed by atoms with E-state index in [4.69, 9.17) is 5.73 Å². The summed E-state index contributed by atoms with van der Waals surface area (Å²) >= 11 is 0. The molecule has 0 fully saturated rings. The first kappa shape index (κ1) is 19.1. The van der Waals surface area contributed by atoms with Crippen molar-refractivity contribution < 1.29 is 14.5 Å². The molecule has 0 aliphatic heterocycles. The molecule has 1 aromatic heterocycles. The Bertz CT molecular complexity index is 817. The second kappa shape index (κ2) is 8.72. The first-order valence-corrected chi connectivity index (χ1v) is 7.97. The lowest BCUT2D eigenvalue weighted by Gasteiger charge is -2.11. The van der Waals surface area contributed by atoms with Gasteiger partial charge >= 0.3 is 5.82 Å². The maximum Gasteiger partial charge on any atom is 0.381 e. The number of nitrogens with one attached hydrogen (secondary N) is 2. The molecule has 0 spiro atoms. The van der Waals surface area contributed by atoms with Crippen molar-refractivity contribution in [1.29, 1.82) is 0 Å². The van der Waals surface area contributed by atoms with E-state index in [9.17, 15) is 19.7 Å². The summed E-state index contributed by atoms with van der Waals surface area (Å²) in [5.41, 5.74) is 6.09. The van der Waals surface area contributed by atoms with Gasteiger partial charge in [-0.15, -0.1) is 0 Å². The largest absolute Gasteiger partial charge is 0.381 e. The lowest BCUT2D eigenvalue weighted by Crippen LogP contribution is -2.30. The van der Waals surface area contributed by atoms with Crippen LogP contribution in [0.15, 0.2) is 30.5 Å². The van der Waals surface area contributed by atoms with Crippen molar-refractivity contribution in [2.45, 2.75) is 19.9 Å². The Labute approximate surface area is 149 Å². The predicted octanol–water partition coefficient (Wildman–Crippen LogP) is 0.817. The summed E-state index contributed by atoms with van der Waals surface area (Å²) < 4.78 is 1.54. The third-order valence-electron chi connectivity index (χ3n) is 3.61. The normalized spacial score (nSPS) is 10.4. The molecule has 0 bridgehead atoms. The van der Waals surface area contributed by atoms with Crippen LogP contribution in [0.1, 0.15) is 22.6 Å². The van der Waals surface area contributed by atoms with Gasteiger partial charge in [0.2, 0.25) is 11.7 Å². The quantitative estimate of drug-likeness (QED) is 0.469. The number of hydrogen-bond acceptors (Lipinski definition) is 6. The number of carbonyl (C=O) groups is 2. The van der Waals surface area contributed by atoms with Crippen molar-refractivity contribution >= 4 is 23.3 Å². The number of aromatic nitrogens is 2. The highest BCUT2D eigenvalue weighted by atomic mass is 16.6. The molecule has 0 saturated carbocycles. The highest BCUT2D eigenvalue weighted by Gasteiger charge is 2.16. The van der Waals surface area contributed by atoms with Gasteiger partial charge in [-0.3, -0.25) is 9.59 Å². The zero-order valence-corrected chi connectivity index (χ0v) is 14.3. The van der Waals surface area contributed by atoms with E-state index in [1.165, 1.54) is 10.8 Å². The van der Waals surface area contributed by atoms with Gasteiger partial charge in [-0.05, 0) is 22.0 Å². The predicted molar refractivity (Wildman–Crippen MR) is 94.7 cm³/mol. The number of anilines is 1. The van der Waals surface area contributed by atoms with E-state index in [2.05, 4.69) is 15.6 Å². The van der Waals surface area contributed by atoms with Crippen molar-refractivity contribution in [2.24, 2.45) is 5.73 Å². The Balaban J connectivity index is 2.00. The van der Waals surface area contributed by atoms with E-state index in [0.29, 0.717) is 30.2 Å². The Hall–Kier alpha value is -3.27. The molecule has 10 heteroatoms. The fourth-order valence-electron chi connectivity index (χ4n) is 2.31. The molecule has 2 rings (SSSR count). The minimum absolute atomic E-state index is 0.0765. The summed E-state index contributed by atoms with van der Waals surface area (Å²) in [4.78, 5) is 38.2. The number of hydrogen-bond donors (Lipinski definition) is 3. The SMILES string of the molecule is Cc1nc([N+](=O)[O-])cn1CCC(=O)Nc1ccccc1C(=O)NCCN. The number of amides is 2. The number of imidazole rings is 1. The van der Waals surface area contributed by atoms with Gasteiger partial charge in [0.25, 0.3) is 5.91 Å². The molecule has 0 atom stereocenters. The Morgan fingerprint density at radius 1 is 1.35 bits per heavy atom. The maximum atomic E-state index is 12.2. The van der Waals surface area contributed by atoms with E-state index in [-0.39, 0.29) is 30.6 Å². The van der Waals surface area contributed by atoms with Crippen LogP contribution in [-0.2, 0) is 11.3 Å². The van der Waals surface area contributed by atoms with Gasteiger partial charge in [0.15, 0.2) is 0 Å². The molecule has 26 heavy (non-hydrogen) atoms. The molecule has 1 aromatic carbocycles. The fraction of sp³-hybridized carbons (Fsp3) is 0.312. The molecule has 2 aromatic rings. The van der Waals surface area contributed by atoms with Gasteiger partial charge in [-0.1, -0.05) is 12.1 Å². The zero-order chi connectivity index (χ0) is 19.1. The first-order chi connectivity index (χ1) is 12.4. The van der Waals surface area contributed by atoms with Gasteiger partial charge in [0, 0.05) is 33.0 Å². The molecule has 138 valence electrons. The van der Waals surface area contributed by atoms with E-state index in [1.54, 1.807) is 31.2 Å². The van der Waals surface area contributed by atoms with Crippen LogP contribution in [-0.4, -0.2) is 39.4 Å². The van der Waals surface area contributed by atoms with Crippen molar-refractivity contribution in [3.05, 3.63) is 52.0 Å². The molecule has 0 aliphatic carbocycles. The highest BCUT2D eigenvalue weighted by molar-refractivity contribution is 6.03. The average molecular weight is 360 g/mol. The monoisotopic (exact) mass is 360 g/mol. The number of nitrogens with zero attached hydrogens (tertiary/aromatic N) is 3. The van der Waals surface area contributed by atoms with Crippen LogP contribution >= 0.6 is 0 Å². The van der Waals surface area contributed by atoms with Gasteiger partial charge in [0.05, 0.1) is 11.3 Å². The molecule has 2 amide bonds. The van der Waals surface area contributed by atoms with Crippen LogP contribution in [0.25, 0.3) is 0 Å². The Kier molecular flexibility index (Phi) is 6.39. The van der Waals surface area contributed by atoms with Crippen molar-refractivity contribution in [3.8, 4) is 0 Å². The Morgan fingerprint density at radius 2 is 2.08 bits per heavy atom. The van der Waals surface area contributed by atoms with E-state index < -0.39 is 4.92 Å². The minimum Gasteiger partial charge on any atom is -0.358 e. The number of nitro groups is 1. The summed E-state index contributed by atoms with van der Waals surface area (Å²) in [5, 5.41) is 16.1. The number of aryl methyl sites for hydroxylation is 2. The summed E-state index contributed by atoms with van der Waals surface area (Å²) in [7, 11) is 0. The van der Waals surface area contributed by atoms with Gasteiger partial charge in [-0.2, -0.15) is 0 Å². The molecule has 0 saturated heterocycles. The van der Waals surface area contributed by atoms with Crippen molar-refractivity contribution in [2.75, 3.05) is 18.4 Å². The van der Waals surface area contributed by atoms with Crippen molar-refractivity contribution in [3.63, 3.8) is 0 Å². The third kappa shape index (κ3) is 4.86. The van der Waals surface area contributed by atoms with Crippen LogP contribution < -0.4 is 16.4 Å². The molecule has 0 radical (unpaired) electrons. The fourth-order valence-corrected chi connectivity index (χ4v) is 2.31. The van der Waals surface area contributed by atoms with Crippen LogP contribution in [0, 0.1) is 17.0 Å². The van der Waals surface area contributed by atoms with Gasteiger partial charge in [0.1, 0.15) is 6.20 Å². The molecule has 4 N–H and O–H groups in total. The number of benzene rings is 1. The summed E-state index contributed by atoms with van der Waals surface area (Å²) in [5.74, 6) is -0.455. The first-order valence-electron chi connectivity index (χ1n) is 7.97. The zero-order valence-electron chi connectivity index (χ0n) is 14.3. The highest BCUT2D eigenvalue weighted by Crippen LogP contribution is 2.16. The van der Waals surface area contributed by atoms with Crippen LogP contribution in [0.2, 0.25) is 0 Å². The van der Waals surface area contributed by atoms with E-state index >= 15 is 0 Å². The van der Waals surface area contributed by atoms with Crippen LogP contribution in [0.4, 0.5) is 11.5 Å². The van der Waals surface area contributed by atoms with Crippen LogP contribution in [0.3, 0.4) is 0 Å². The number of nitrogens with two attached hydrogens (primary N) is 1. The number of carbonyl (C=O) groups excluding carboxylic acids is 2. The van der Waals surface area contributed by atoms with Gasteiger partial charge < -0.3 is 31.0 Å². The molecular weight excluding hydrogens is 340 g/mol. The molecule has 10 nitrogen and oxygen atoms in total. The Morgan fingerprint density at radius 3 is 2.73 bits per heavy atom. The van der Waals surface area contributed by atoms with Crippen LogP contribution in [0.5, 0.6) is 0 Å². The van der Waals surface area contributed by atoms with E-state index in [0.717, 1.165) is 0 Å². The average Bonchev–Trinajstić information content (AvgIpc) is 2.99. The number of para-hydroxylation sites is 1. The topological polar surface area (TPSA) is 145 Å². The van der Waals surface area contributed by atoms with E-state index in [1.807, 2.05) is 0 Å². The molecular formula is C16H20N6O4. The summed E-state index contributed by atoms with van der Waals surface area (Å²) in [6.07, 6.45) is 1.37. The lowest BCUT2D eigenvalue weighted by atomic mass is 10.1. The maximum absolute atomic E-state index is 12.2. The van der Waals surface area contributed by atoms with Crippen molar-refractivity contribution in [1.82, 2.24) is 14.9 Å². The summed E-state index contributed by atoms with van der Waals surface area (Å²) in [6.45, 7) is 2.51. The minimum atomic E-state index is -0.584. The second-order valence-corrected chi connectivity index (χ2v) is 5.49. The standard InChI is InChI=1S/C16H20N6O4/c1-11-19-14(22(25)26)10-21(11)9-6-15(23)20-13-5-3-2-4-12(13)16(24)18-8-7-17/h2-5,10H,6-9,17H2,1H3,(H,18,24)(H,20,23). The number of rotatable bonds is 8. The summed E-state index contributed by atoms with van der Waals surface area (Å²) in [6, 6.07) is 6.63. The molecule has 0 unspecified atom stereocenters. The second-order valence-electron chi connectivity index (χ2n) is 5.49. The third-order valence-corrected chi connectivity index (χ3v) is 3.61. The van der Waals surface area contributed by atoms with Gasteiger partial charge in [-0.25, -0.2) is 0 Å². The smallest absolute Gasteiger partial charge is 0.358 e. The lowest BCUT2D eigenvalue weighted by molar-refractivity contribution is -0.389. The molecule has 1 heterocycles.